The number of carbonyl (C=O) groups is 1. The monoisotopic (exact) mass is 456 g/mol. The van der Waals surface area contributed by atoms with Gasteiger partial charge in [0, 0.05) is 5.69 Å². The molecule has 0 aromatic heterocycles. The summed E-state index contributed by atoms with van der Waals surface area (Å²) in [5.74, 6) is 0.720. The lowest BCUT2D eigenvalue weighted by Crippen LogP contribution is -2.14. The SMILES string of the molecule is CCCOc1c(Br)cc(/C=C(/C#N)C(=O)Nc2ccc(C)cc2C)cc1OCC. The van der Waals surface area contributed by atoms with Crippen LogP contribution >= 0.6 is 15.9 Å². The van der Waals surface area contributed by atoms with Crippen LogP contribution in [0.2, 0.25) is 0 Å². The van der Waals surface area contributed by atoms with Crippen molar-refractivity contribution in [3.63, 3.8) is 0 Å². The smallest absolute Gasteiger partial charge is 0.266 e. The quantitative estimate of drug-likeness (QED) is 0.402. The molecule has 0 atom stereocenters. The Hall–Kier alpha value is -2.78. The van der Waals surface area contributed by atoms with Gasteiger partial charge in [0.1, 0.15) is 11.6 Å². The maximum Gasteiger partial charge on any atom is 0.266 e. The number of carbonyl (C=O) groups excluding carboxylic acids is 1. The van der Waals surface area contributed by atoms with Crippen LogP contribution in [0.3, 0.4) is 0 Å². The number of nitrogens with zero attached hydrogens (tertiary/aromatic N) is 1. The second-order valence-corrected chi connectivity index (χ2v) is 7.41. The fraction of sp³-hybridized carbons (Fsp3) is 0.304. The van der Waals surface area contributed by atoms with E-state index in [0.717, 1.165) is 17.5 Å². The van der Waals surface area contributed by atoms with Crippen molar-refractivity contribution in [1.29, 1.82) is 5.26 Å². The average Bonchev–Trinajstić information content (AvgIpc) is 2.67. The topological polar surface area (TPSA) is 71.3 Å². The van der Waals surface area contributed by atoms with Gasteiger partial charge in [-0.15, -0.1) is 0 Å². The summed E-state index contributed by atoms with van der Waals surface area (Å²) in [7, 11) is 0. The Bertz CT molecular complexity index is 961. The van der Waals surface area contributed by atoms with Gasteiger partial charge in [-0.05, 0) is 78.5 Å². The highest BCUT2D eigenvalue weighted by Gasteiger charge is 2.15. The predicted octanol–water partition coefficient (Wildman–Crippen LogP) is 5.80. The highest BCUT2D eigenvalue weighted by molar-refractivity contribution is 9.10. The molecule has 0 heterocycles. The first-order valence-electron chi connectivity index (χ1n) is 9.49. The van der Waals surface area contributed by atoms with Gasteiger partial charge in [0.15, 0.2) is 11.5 Å². The Morgan fingerprint density at radius 1 is 1.21 bits per heavy atom. The van der Waals surface area contributed by atoms with Crippen molar-refractivity contribution in [1.82, 2.24) is 0 Å². The van der Waals surface area contributed by atoms with E-state index in [9.17, 15) is 10.1 Å². The highest BCUT2D eigenvalue weighted by atomic mass is 79.9. The Balaban J connectivity index is 2.33. The molecule has 29 heavy (non-hydrogen) atoms. The number of nitrogens with one attached hydrogen (secondary N) is 1. The molecule has 0 unspecified atom stereocenters. The average molecular weight is 457 g/mol. The molecule has 2 aromatic carbocycles. The summed E-state index contributed by atoms with van der Waals surface area (Å²) in [4.78, 5) is 12.6. The molecule has 1 N–H and O–H groups in total. The maximum absolute atomic E-state index is 12.6. The summed E-state index contributed by atoms with van der Waals surface area (Å²) < 4.78 is 12.2. The van der Waals surface area contributed by atoms with Crippen LogP contribution in [0.25, 0.3) is 6.08 Å². The zero-order chi connectivity index (χ0) is 21.4. The predicted molar refractivity (Wildman–Crippen MR) is 119 cm³/mol. The molecular weight excluding hydrogens is 432 g/mol. The lowest BCUT2D eigenvalue weighted by molar-refractivity contribution is -0.112. The standard InChI is InChI=1S/C23H25BrN2O3/c1-5-9-29-22-19(24)12-17(13-21(22)28-6-2)11-18(14-25)23(27)26-20-8-7-15(3)10-16(20)4/h7-8,10-13H,5-6,9H2,1-4H3,(H,26,27)/b18-11-. The Kier molecular flexibility index (Phi) is 8.29. The number of anilines is 1. The van der Waals surface area contributed by atoms with Crippen LogP contribution in [-0.2, 0) is 4.79 Å². The zero-order valence-corrected chi connectivity index (χ0v) is 18.7. The van der Waals surface area contributed by atoms with E-state index in [1.165, 1.54) is 6.08 Å². The molecule has 0 saturated carbocycles. The number of hydrogen-bond acceptors (Lipinski definition) is 4. The van der Waals surface area contributed by atoms with E-state index in [1.54, 1.807) is 12.1 Å². The van der Waals surface area contributed by atoms with Gasteiger partial charge in [-0.1, -0.05) is 24.6 Å². The minimum Gasteiger partial charge on any atom is -0.490 e. The molecule has 0 fully saturated rings. The minimum atomic E-state index is -0.458. The molecule has 0 saturated heterocycles. The summed E-state index contributed by atoms with van der Waals surface area (Å²) in [6.45, 7) is 8.85. The van der Waals surface area contributed by atoms with Crippen molar-refractivity contribution in [3.05, 3.63) is 57.1 Å². The van der Waals surface area contributed by atoms with Crippen LogP contribution in [0.5, 0.6) is 11.5 Å². The fourth-order valence-electron chi connectivity index (χ4n) is 2.74. The van der Waals surface area contributed by atoms with E-state index in [0.29, 0.717) is 40.4 Å². The number of hydrogen-bond donors (Lipinski definition) is 1. The van der Waals surface area contributed by atoms with Gasteiger partial charge < -0.3 is 14.8 Å². The van der Waals surface area contributed by atoms with E-state index in [2.05, 4.69) is 21.2 Å². The molecular formula is C23H25BrN2O3. The summed E-state index contributed by atoms with van der Waals surface area (Å²) in [6, 6.07) is 11.3. The first-order valence-corrected chi connectivity index (χ1v) is 10.3. The molecule has 2 rings (SSSR count). The van der Waals surface area contributed by atoms with Crippen molar-refractivity contribution >= 4 is 33.6 Å². The van der Waals surface area contributed by atoms with Gasteiger partial charge >= 0.3 is 0 Å². The number of benzene rings is 2. The molecule has 0 radical (unpaired) electrons. The number of halogens is 1. The van der Waals surface area contributed by atoms with Crippen molar-refractivity contribution in [2.75, 3.05) is 18.5 Å². The van der Waals surface area contributed by atoms with Crippen molar-refractivity contribution in [2.24, 2.45) is 0 Å². The largest absolute Gasteiger partial charge is 0.490 e. The number of ether oxygens (including phenoxy) is 2. The first-order chi connectivity index (χ1) is 13.9. The third kappa shape index (κ3) is 6.10. The van der Waals surface area contributed by atoms with Crippen molar-refractivity contribution in [2.45, 2.75) is 34.1 Å². The van der Waals surface area contributed by atoms with Crippen LogP contribution in [0.1, 0.15) is 37.0 Å². The number of amides is 1. The normalized spacial score (nSPS) is 11.0. The van der Waals surface area contributed by atoms with Gasteiger partial charge in [0.2, 0.25) is 0 Å². The second-order valence-electron chi connectivity index (χ2n) is 6.55. The van der Waals surface area contributed by atoms with Gasteiger partial charge in [0.25, 0.3) is 5.91 Å². The van der Waals surface area contributed by atoms with Crippen LogP contribution in [-0.4, -0.2) is 19.1 Å². The van der Waals surface area contributed by atoms with E-state index in [1.807, 2.05) is 52.0 Å². The molecule has 5 nitrogen and oxygen atoms in total. The van der Waals surface area contributed by atoms with Gasteiger partial charge in [-0.25, -0.2) is 0 Å². The van der Waals surface area contributed by atoms with Crippen molar-refractivity contribution < 1.29 is 14.3 Å². The van der Waals surface area contributed by atoms with E-state index >= 15 is 0 Å². The van der Waals surface area contributed by atoms with E-state index in [-0.39, 0.29) is 5.57 Å². The molecule has 152 valence electrons. The Morgan fingerprint density at radius 3 is 2.59 bits per heavy atom. The van der Waals surface area contributed by atoms with E-state index < -0.39 is 5.91 Å². The zero-order valence-electron chi connectivity index (χ0n) is 17.1. The number of nitriles is 1. The molecule has 0 aliphatic carbocycles. The molecule has 2 aromatic rings. The first kappa shape index (κ1) is 22.5. The molecule has 6 heteroatoms. The third-order valence-electron chi connectivity index (χ3n) is 4.09. The minimum absolute atomic E-state index is 0.00144. The maximum atomic E-state index is 12.6. The lowest BCUT2D eigenvalue weighted by atomic mass is 10.1. The van der Waals surface area contributed by atoms with E-state index in [4.69, 9.17) is 9.47 Å². The molecule has 0 aliphatic rings. The highest BCUT2D eigenvalue weighted by Crippen LogP contribution is 2.37. The van der Waals surface area contributed by atoms with Crippen molar-refractivity contribution in [3.8, 4) is 17.6 Å². The van der Waals surface area contributed by atoms with Crippen LogP contribution in [0.4, 0.5) is 5.69 Å². The van der Waals surface area contributed by atoms with Gasteiger partial charge in [0.05, 0.1) is 17.7 Å². The summed E-state index contributed by atoms with van der Waals surface area (Å²) >= 11 is 3.50. The van der Waals surface area contributed by atoms with Crippen LogP contribution in [0.15, 0.2) is 40.4 Å². The fourth-order valence-corrected chi connectivity index (χ4v) is 3.31. The number of rotatable bonds is 8. The lowest BCUT2D eigenvalue weighted by Gasteiger charge is -2.14. The second kappa shape index (κ2) is 10.7. The van der Waals surface area contributed by atoms with Gasteiger partial charge in [-0.2, -0.15) is 5.26 Å². The molecule has 0 bridgehead atoms. The Labute approximate surface area is 180 Å². The molecule has 1 amide bonds. The van der Waals surface area contributed by atoms with Crippen LogP contribution < -0.4 is 14.8 Å². The summed E-state index contributed by atoms with van der Waals surface area (Å²) in [5.41, 5.74) is 3.39. The summed E-state index contributed by atoms with van der Waals surface area (Å²) in [5, 5.41) is 12.3. The summed E-state index contributed by atoms with van der Waals surface area (Å²) in [6.07, 6.45) is 2.41. The molecule has 0 spiro atoms. The Morgan fingerprint density at radius 2 is 1.97 bits per heavy atom. The number of aryl methyl sites for hydroxylation is 2. The molecule has 0 aliphatic heterocycles. The van der Waals surface area contributed by atoms with Gasteiger partial charge in [-0.3, -0.25) is 4.79 Å². The van der Waals surface area contributed by atoms with Crippen LogP contribution in [0, 0.1) is 25.2 Å². The third-order valence-corrected chi connectivity index (χ3v) is 4.68.